The van der Waals surface area contributed by atoms with Gasteiger partial charge in [-0.1, -0.05) is 48.2 Å². The average Bonchev–Trinajstić information content (AvgIpc) is 3.32. The summed E-state index contributed by atoms with van der Waals surface area (Å²) in [5.41, 5.74) is 1.65. The minimum Gasteiger partial charge on any atom is -0.487 e. The molecule has 5 nitrogen and oxygen atoms in total. The topological polar surface area (TPSA) is 55.6 Å². The van der Waals surface area contributed by atoms with Crippen molar-refractivity contribution < 1.29 is 13.9 Å². The molecular weight excluding hydrogens is 392 g/mol. The van der Waals surface area contributed by atoms with Gasteiger partial charge in [-0.25, -0.2) is 0 Å². The summed E-state index contributed by atoms with van der Waals surface area (Å²) in [6.07, 6.45) is 5.13. The second-order valence-electron chi connectivity index (χ2n) is 5.99. The van der Waals surface area contributed by atoms with Gasteiger partial charge in [0.05, 0.1) is 23.4 Å². The van der Waals surface area contributed by atoms with Crippen molar-refractivity contribution in [3.63, 3.8) is 0 Å². The highest BCUT2D eigenvalue weighted by Gasteiger charge is 2.32. The zero-order valence-electron chi connectivity index (χ0n) is 14.8. The molecule has 1 aliphatic heterocycles. The highest BCUT2D eigenvalue weighted by atomic mass is 32.2. The SMILES string of the molecule is O=C1/C(=C/c2ccccc2OCc2ccccn2)SC(=S)N1Cc1ccco1. The van der Waals surface area contributed by atoms with Crippen LogP contribution in [-0.4, -0.2) is 20.1 Å². The number of nitrogens with zero attached hydrogens (tertiary/aromatic N) is 2. The Balaban J connectivity index is 1.52. The molecule has 0 bridgehead atoms. The van der Waals surface area contributed by atoms with Crippen LogP contribution in [-0.2, 0) is 17.9 Å². The molecule has 0 unspecified atom stereocenters. The number of carbonyl (C=O) groups excluding carboxylic acids is 1. The number of pyridine rings is 1. The Labute approximate surface area is 172 Å². The molecule has 2 aromatic heterocycles. The van der Waals surface area contributed by atoms with Crippen molar-refractivity contribution in [3.05, 3.63) is 89.0 Å². The number of aromatic nitrogens is 1. The molecule has 1 amide bonds. The van der Waals surface area contributed by atoms with E-state index in [0.717, 1.165) is 11.3 Å². The van der Waals surface area contributed by atoms with Gasteiger partial charge in [0.25, 0.3) is 5.91 Å². The predicted octanol–water partition coefficient (Wildman–Crippen LogP) is 4.66. The Morgan fingerprint density at radius 1 is 1.14 bits per heavy atom. The van der Waals surface area contributed by atoms with E-state index in [1.165, 1.54) is 11.8 Å². The van der Waals surface area contributed by atoms with E-state index in [1.54, 1.807) is 23.4 Å². The molecule has 1 saturated heterocycles. The quantitative estimate of drug-likeness (QED) is 0.437. The second-order valence-corrected chi connectivity index (χ2v) is 7.67. The van der Waals surface area contributed by atoms with Gasteiger partial charge in [0.2, 0.25) is 0 Å². The maximum atomic E-state index is 12.8. The lowest BCUT2D eigenvalue weighted by Crippen LogP contribution is -2.27. The first-order valence-corrected chi connectivity index (χ1v) is 9.82. The molecule has 0 radical (unpaired) electrons. The first kappa shape index (κ1) is 18.5. The summed E-state index contributed by atoms with van der Waals surface area (Å²) >= 11 is 6.66. The van der Waals surface area contributed by atoms with Gasteiger partial charge in [-0.15, -0.1) is 0 Å². The van der Waals surface area contributed by atoms with Crippen molar-refractivity contribution in [2.75, 3.05) is 0 Å². The number of benzene rings is 1. The van der Waals surface area contributed by atoms with Crippen molar-refractivity contribution in [1.82, 2.24) is 9.88 Å². The first-order chi connectivity index (χ1) is 13.7. The lowest BCUT2D eigenvalue weighted by Gasteiger charge is -2.12. The number of hydrogen-bond acceptors (Lipinski definition) is 6. The molecule has 0 spiro atoms. The van der Waals surface area contributed by atoms with Crippen molar-refractivity contribution in [2.45, 2.75) is 13.2 Å². The van der Waals surface area contributed by atoms with E-state index in [2.05, 4.69) is 4.98 Å². The molecule has 7 heteroatoms. The number of carbonyl (C=O) groups is 1. The smallest absolute Gasteiger partial charge is 0.266 e. The number of para-hydroxylation sites is 1. The van der Waals surface area contributed by atoms with Crippen LogP contribution < -0.4 is 4.74 Å². The summed E-state index contributed by atoms with van der Waals surface area (Å²) in [6, 6.07) is 16.9. The molecule has 140 valence electrons. The fourth-order valence-corrected chi connectivity index (χ4v) is 3.95. The Bertz CT molecular complexity index is 1020. The third kappa shape index (κ3) is 4.16. The fourth-order valence-electron chi connectivity index (χ4n) is 2.70. The molecule has 3 heterocycles. The van der Waals surface area contributed by atoms with E-state index in [-0.39, 0.29) is 5.91 Å². The van der Waals surface area contributed by atoms with Gasteiger partial charge >= 0.3 is 0 Å². The molecule has 1 fully saturated rings. The highest BCUT2D eigenvalue weighted by Crippen LogP contribution is 2.35. The van der Waals surface area contributed by atoms with Gasteiger partial charge in [0, 0.05) is 11.8 Å². The molecule has 0 aliphatic carbocycles. The minimum atomic E-state index is -0.133. The maximum Gasteiger partial charge on any atom is 0.266 e. The van der Waals surface area contributed by atoms with Gasteiger partial charge < -0.3 is 9.15 Å². The van der Waals surface area contributed by atoms with Crippen molar-refractivity contribution in [2.24, 2.45) is 0 Å². The molecule has 4 rings (SSSR count). The number of ether oxygens (including phenoxy) is 1. The Morgan fingerprint density at radius 3 is 2.79 bits per heavy atom. The van der Waals surface area contributed by atoms with Crippen LogP contribution in [0.15, 0.2) is 76.4 Å². The number of thiocarbonyl (C=S) groups is 1. The lowest BCUT2D eigenvalue weighted by molar-refractivity contribution is -0.122. The number of amides is 1. The largest absolute Gasteiger partial charge is 0.487 e. The zero-order chi connectivity index (χ0) is 19.3. The van der Waals surface area contributed by atoms with Crippen molar-refractivity contribution in [1.29, 1.82) is 0 Å². The van der Waals surface area contributed by atoms with Crippen LogP contribution in [0.1, 0.15) is 17.0 Å². The van der Waals surface area contributed by atoms with Gasteiger partial charge in [0.15, 0.2) is 0 Å². The molecular formula is C21H16N2O3S2. The number of furan rings is 1. The molecule has 0 saturated carbocycles. The zero-order valence-corrected chi connectivity index (χ0v) is 16.4. The molecule has 3 aromatic rings. The first-order valence-electron chi connectivity index (χ1n) is 8.60. The number of thioether (sulfide) groups is 1. The molecule has 0 atom stereocenters. The summed E-state index contributed by atoms with van der Waals surface area (Å²) in [6.45, 7) is 0.679. The number of rotatable bonds is 6. The van der Waals surface area contributed by atoms with Gasteiger partial charge in [-0.3, -0.25) is 14.7 Å². The van der Waals surface area contributed by atoms with E-state index in [1.807, 2.05) is 54.6 Å². The van der Waals surface area contributed by atoms with E-state index in [9.17, 15) is 4.79 Å². The molecule has 1 aliphatic rings. The molecule has 1 aromatic carbocycles. The van der Waals surface area contributed by atoms with Crippen LogP contribution >= 0.6 is 24.0 Å². The Morgan fingerprint density at radius 2 is 2.00 bits per heavy atom. The molecule has 28 heavy (non-hydrogen) atoms. The third-order valence-corrected chi connectivity index (χ3v) is 5.45. The molecule has 0 N–H and O–H groups in total. The average molecular weight is 409 g/mol. The van der Waals surface area contributed by atoms with Crippen LogP contribution in [0.25, 0.3) is 6.08 Å². The van der Waals surface area contributed by atoms with E-state index in [4.69, 9.17) is 21.4 Å². The predicted molar refractivity (Wildman–Crippen MR) is 112 cm³/mol. The van der Waals surface area contributed by atoms with E-state index >= 15 is 0 Å². The van der Waals surface area contributed by atoms with E-state index < -0.39 is 0 Å². The monoisotopic (exact) mass is 408 g/mol. The third-order valence-electron chi connectivity index (χ3n) is 4.07. The summed E-state index contributed by atoms with van der Waals surface area (Å²) in [4.78, 5) is 19.2. The van der Waals surface area contributed by atoms with Crippen LogP contribution in [0.3, 0.4) is 0 Å². The fraction of sp³-hybridized carbons (Fsp3) is 0.0952. The van der Waals surface area contributed by atoms with Gasteiger partial charge in [-0.05, 0) is 36.4 Å². The second kappa shape index (κ2) is 8.41. The normalized spacial score (nSPS) is 15.4. The van der Waals surface area contributed by atoms with Crippen LogP contribution in [0.2, 0.25) is 0 Å². The standard InChI is InChI=1S/C21H16N2O3S2/c24-20-19(28-21(27)23(20)13-17-8-5-11-25-17)12-15-6-1-2-9-18(15)26-14-16-7-3-4-10-22-16/h1-12H,13-14H2/b19-12-. The summed E-state index contributed by atoms with van der Waals surface area (Å²) < 4.78 is 11.8. The van der Waals surface area contributed by atoms with Crippen LogP contribution in [0, 0.1) is 0 Å². The maximum absolute atomic E-state index is 12.8. The Hall–Kier alpha value is -2.90. The van der Waals surface area contributed by atoms with Crippen LogP contribution in [0.4, 0.5) is 0 Å². The minimum absolute atomic E-state index is 0.133. The Kier molecular flexibility index (Phi) is 5.55. The van der Waals surface area contributed by atoms with Crippen molar-refractivity contribution >= 4 is 40.3 Å². The summed E-state index contributed by atoms with van der Waals surface area (Å²) in [5.74, 6) is 1.24. The summed E-state index contributed by atoms with van der Waals surface area (Å²) in [5, 5.41) is 0. The summed E-state index contributed by atoms with van der Waals surface area (Å²) in [7, 11) is 0. The lowest BCUT2D eigenvalue weighted by atomic mass is 10.2. The van der Waals surface area contributed by atoms with Crippen LogP contribution in [0.5, 0.6) is 5.75 Å². The number of hydrogen-bond donors (Lipinski definition) is 0. The van der Waals surface area contributed by atoms with Crippen molar-refractivity contribution in [3.8, 4) is 5.75 Å². The highest BCUT2D eigenvalue weighted by molar-refractivity contribution is 8.26. The van der Waals surface area contributed by atoms with Gasteiger partial charge in [-0.2, -0.15) is 0 Å². The van der Waals surface area contributed by atoms with Gasteiger partial charge in [0.1, 0.15) is 22.4 Å². The van der Waals surface area contributed by atoms with E-state index in [0.29, 0.717) is 33.9 Å².